The molecule has 0 radical (unpaired) electrons. The molecule has 4 rings (SSSR count). The van der Waals surface area contributed by atoms with Crippen molar-refractivity contribution >= 4 is 34.9 Å². The number of nitrogens with zero attached hydrogens (tertiary/aromatic N) is 5. The first-order valence-corrected chi connectivity index (χ1v) is 10.8. The van der Waals surface area contributed by atoms with Gasteiger partial charge >= 0.3 is 0 Å². The predicted molar refractivity (Wildman–Crippen MR) is 113 cm³/mol. The zero-order valence-electron chi connectivity index (χ0n) is 15.3. The number of thioether (sulfide) groups is 2. The van der Waals surface area contributed by atoms with Crippen molar-refractivity contribution in [1.29, 1.82) is 0 Å². The van der Waals surface area contributed by atoms with Gasteiger partial charge < -0.3 is 0 Å². The lowest BCUT2D eigenvalue weighted by Gasteiger charge is -2.15. The number of rotatable bonds is 5. The lowest BCUT2D eigenvalue weighted by atomic mass is 10.1. The van der Waals surface area contributed by atoms with E-state index >= 15 is 0 Å². The van der Waals surface area contributed by atoms with E-state index in [1.54, 1.807) is 23.9 Å². The average Bonchev–Trinajstić information content (AvgIpc) is 2.76. The van der Waals surface area contributed by atoms with Crippen LogP contribution in [0, 0.1) is 10.1 Å². The molecular formula is C19H15N5O3S2. The Balaban J connectivity index is 1.65. The second-order valence-corrected chi connectivity index (χ2v) is 8.03. The van der Waals surface area contributed by atoms with E-state index < -0.39 is 4.92 Å². The molecule has 0 bridgehead atoms. The predicted octanol–water partition coefficient (Wildman–Crippen LogP) is 3.22. The van der Waals surface area contributed by atoms with Gasteiger partial charge in [-0.3, -0.25) is 14.9 Å². The van der Waals surface area contributed by atoms with Gasteiger partial charge in [-0.25, -0.2) is 0 Å². The van der Waals surface area contributed by atoms with Crippen LogP contribution in [0.3, 0.4) is 0 Å². The first kappa shape index (κ1) is 19.3. The Morgan fingerprint density at radius 1 is 1.14 bits per heavy atom. The highest BCUT2D eigenvalue weighted by Crippen LogP contribution is 2.22. The molecule has 0 atom stereocenters. The third-order valence-corrected chi connectivity index (χ3v) is 6.05. The standard InChI is InChI=1S/C19H15N5O3S2/c1-28-15-8-2-12(3-9-15)10-16-18(25)23-19(21-20-16)29-11-17(22-23)13-4-6-14(7-5-13)24(26)27/h2-9H,10-11H2,1H3. The summed E-state index contributed by atoms with van der Waals surface area (Å²) in [5.74, 6) is 0.501. The monoisotopic (exact) mass is 425 g/mol. The van der Waals surface area contributed by atoms with Crippen molar-refractivity contribution in [3.05, 3.63) is 85.8 Å². The molecule has 0 spiro atoms. The van der Waals surface area contributed by atoms with Crippen molar-refractivity contribution in [2.45, 2.75) is 16.5 Å². The summed E-state index contributed by atoms with van der Waals surface area (Å²) in [5, 5.41) is 24.0. The van der Waals surface area contributed by atoms with Crippen molar-refractivity contribution in [2.75, 3.05) is 12.0 Å². The van der Waals surface area contributed by atoms with Gasteiger partial charge in [0.1, 0.15) is 5.69 Å². The van der Waals surface area contributed by atoms with Crippen LogP contribution in [0.2, 0.25) is 0 Å². The molecule has 1 aliphatic heterocycles. The van der Waals surface area contributed by atoms with Gasteiger partial charge in [-0.05, 0) is 41.6 Å². The van der Waals surface area contributed by atoms with Gasteiger partial charge in [0.25, 0.3) is 11.2 Å². The molecular weight excluding hydrogens is 410 g/mol. The highest BCUT2D eigenvalue weighted by atomic mass is 32.2. The lowest BCUT2D eigenvalue weighted by Crippen LogP contribution is -2.29. The summed E-state index contributed by atoms with van der Waals surface area (Å²) in [7, 11) is 0. The molecule has 3 aromatic rings. The second-order valence-electron chi connectivity index (χ2n) is 6.21. The lowest BCUT2D eigenvalue weighted by molar-refractivity contribution is -0.384. The van der Waals surface area contributed by atoms with Crippen LogP contribution in [0.4, 0.5) is 5.69 Å². The van der Waals surface area contributed by atoms with Crippen molar-refractivity contribution in [3.8, 4) is 0 Å². The summed E-state index contributed by atoms with van der Waals surface area (Å²) >= 11 is 3.01. The van der Waals surface area contributed by atoms with Crippen LogP contribution >= 0.6 is 23.5 Å². The summed E-state index contributed by atoms with van der Waals surface area (Å²) in [6.07, 6.45) is 2.38. The van der Waals surface area contributed by atoms with Gasteiger partial charge in [-0.15, -0.1) is 22.0 Å². The van der Waals surface area contributed by atoms with Gasteiger partial charge in [0.05, 0.1) is 10.6 Å². The third-order valence-electron chi connectivity index (χ3n) is 4.38. The quantitative estimate of drug-likeness (QED) is 0.351. The molecule has 0 unspecified atom stereocenters. The average molecular weight is 425 g/mol. The molecule has 1 aromatic heterocycles. The largest absolute Gasteiger partial charge is 0.297 e. The van der Waals surface area contributed by atoms with E-state index in [1.165, 1.54) is 28.6 Å². The molecule has 2 aromatic carbocycles. The molecule has 0 aliphatic carbocycles. The molecule has 0 fully saturated rings. The molecule has 2 heterocycles. The van der Waals surface area contributed by atoms with Crippen molar-refractivity contribution in [1.82, 2.24) is 14.9 Å². The minimum Gasteiger partial charge on any atom is -0.265 e. The van der Waals surface area contributed by atoms with Crippen LogP contribution in [-0.2, 0) is 6.42 Å². The Morgan fingerprint density at radius 3 is 2.52 bits per heavy atom. The second kappa shape index (κ2) is 8.18. The first-order valence-electron chi connectivity index (χ1n) is 8.62. The van der Waals surface area contributed by atoms with Crippen LogP contribution in [0.5, 0.6) is 0 Å². The normalized spacial score (nSPS) is 12.9. The number of nitro benzene ring substituents is 1. The maximum Gasteiger partial charge on any atom is 0.297 e. The van der Waals surface area contributed by atoms with Gasteiger partial charge in [0.2, 0.25) is 5.16 Å². The van der Waals surface area contributed by atoms with Crippen LogP contribution in [0.15, 0.2) is 68.5 Å². The van der Waals surface area contributed by atoms with Crippen molar-refractivity contribution in [3.63, 3.8) is 0 Å². The van der Waals surface area contributed by atoms with Gasteiger partial charge in [-0.1, -0.05) is 23.9 Å². The zero-order chi connectivity index (χ0) is 20.4. The van der Waals surface area contributed by atoms with Crippen molar-refractivity contribution in [2.24, 2.45) is 5.10 Å². The molecule has 0 saturated heterocycles. The van der Waals surface area contributed by atoms with E-state index in [2.05, 4.69) is 15.3 Å². The van der Waals surface area contributed by atoms with Gasteiger partial charge in [0.15, 0.2) is 0 Å². The van der Waals surface area contributed by atoms with E-state index in [0.29, 0.717) is 28.7 Å². The highest BCUT2D eigenvalue weighted by Gasteiger charge is 2.20. The fraction of sp³-hybridized carbons (Fsp3) is 0.158. The van der Waals surface area contributed by atoms with Crippen LogP contribution in [0.1, 0.15) is 16.8 Å². The smallest absolute Gasteiger partial charge is 0.265 e. The maximum absolute atomic E-state index is 12.9. The third kappa shape index (κ3) is 4.08. The van der Waals surface area contributed by atoms with Crippen LogP contribution in [-0.4, -0.2) is 37.5 Å². The molecule has 10 heteroatoms. The molecule has 8 nitrogen and oxygen atoms in total. The minimum absolute atomic E-state index is 0.0102. The van der Waals surface area contributed by atoms with Crippen LogP contribution in [0.25, 0.3) is 0 Å². The molecule has 29 heavy (non-hydrogen) atoms. The number of aromatic nitrogens is 3. The Hall–Kier alpha value is -2.98. The van der Waals surface area contributed by atoms with E-state index in [4.69, 9.17) is 0 Å². The number of fused-ring (bicyclic) bond motifs is 1. The summed E-state index contributed by atoms with van der Waals surface area (Å²) in [6, 6.07) is 14.1. The van der Waals surface area contributed by atoms with E-state index in [0.717, 1.165) is 16.0 Å². The Labute approximate surface area is 174 Å². The van der Waals surface area contributed by atoms with E-state index in [-0.39, 0.29) is 11.2 Å². The number of benzene rings is 2. The highest BCUT2D eigenvalue weighted by molar-refractivity contribution is 7.99. The molecule has 146 valence electrons. The number of non-ortho nitro benzene ring substituents is 1. The molecule has 0 saturated carbocycles. The Kier molecular flexibility index (Phi) is 5.45. The van der Waals surface area contributed by atoms with Crippen molar-refractivity contribution < 1.29 is 4.92 Å². The number of nitro groups is 1. The number of hydrogen-bond donors (Lipinski definition) is 0. The minimum atomic E-state index is -0.450. The van der Waals surface area contributed by atoms with E-state index in [1.807, 2.05) is 30.5 Å². The summed E-state index contributed by atoms with van der Waals surface area (Å²) < 4.78 is 1.27. The summed E-state index contributed by atoms with van der Waals surface area (Å²) in [4.78, 5) is 24.4. The zero-order valence-corrected chi connectivity index (χ0v) is 16.9. The molecule has 0 N–H and O–H groups in total. The Bertz CT molecular complexity index is 1160. The first-order chi connectivity index (χ1) is 14.0. The number of hydrogen-bond acceptors (Lipinski definition) is 8. The molecule has 1 aliphatic rings. The topological polar surface area (TPSA) is 103 Å². The van der Waals surface area contributed by atoms with Crippen LogP contribution < -0.4 is 5.56 Å². The SMILES string of the molecule is CSc1ccc(Cc2nnc3n(c2=O)N=C(c2ccc([N+](=O)[O-])cc2)CS3)cc1. The maximum atomic E-state index is 12.9. The fourth-order valence-electron chi connectivity index (χ4n) is 2.82. The van der Waals surface area contributed by atoms with Gasteiger partial charge in [-0.2, -0.15) is 9.78 Å². The fourth-order valence-corrected chi connectivity index (χ4v) is 4.07. The molecule has 0 amide bonds. The summed E-state index contributed by atoms with van der Waals surface area (Å²) in [6.45, 7) is 0. The summed E-state index contributed by atoms with van der Waals surface area (Å²) in [5.41, 5.74) is 2.37. The Morgan fingerprint density at radius 2 is 1.86 bits per heavy atom. The van der Waals surface area contributed by atoms with Gasteiger partial charge in [0, 0.05) is 29.2 Å². The van der Waals surface area contributed by atoms with E-state index in [9.17, 15) is 14.9 Å².